The van der Waals surface area contributed by atoms with Crippen LogP contribution in [0.15, 0.2) is 0 Å². The Labute approximate surface area is 104 Å². The summed E-state index contributed by atoms with van der Waals surface area (Å²) in [5.41, 5.74) is 0. The van der Waals surface area contributed by atoms with E-state index < -0.39 is 10.0 Å². The molecule has 0 spiro atoms. The van der Waals surface area contributed by atoms with Crippen molar-refractivity contribution >= 4 is 10.0 Å². The quantitative estimate of drug-likeness (QED) is 0.755. The van der Waals surface area contributed by atoms with Gasteiger partial charge in [0, 0.05) is 19.2 Å². The number of ether oxygens (including phenoxy) is 1. The monoisotopic (exact) mass is 261 g/mol. The molecular weight excluding hydrogens is 238 g/mol. The molecule has 0 aromatic heterocycles. The lowest BCUT2D eigenvalue weighted by Gasteiger charge is -2.37. The average Bonchev–Trinajstić information content (AvgIpc) is 2.59. The summed E-state index contributed by atoms with van der Waals surface area (Å²) in [7, 11) is -1.56. The first-order valence-corrected chi connectivity index (χ1v) is 8.19. The Bertz CT molecular complexity index is 341. The van der Waals surface area contributed by atoms with E-state index in [9.17, 15) is 8.42 Å². The van der Waals surface area contributed by atoms with E-state index in [1.54, 1.807) is 11.4 Å². The molecule has 2 atom stereocenters. The van der Waals surface area contributed by atoms with E-state index in [0.29, 0.717) is 6.61 Å². The van der Waals surface area contributed by atoms with Crippen molar-refractivity contribution in [2.45, 2.75) is 51.1 Å². The van der Waals surface area contributed by atoms with Crippen molar-refractivity contribution in [3.63, 3.8) is 0 Å². The standard InChI is InChI=1S/C12H23NO3S/c1-3-10-8-11-4-5-12(9-10)13(11)17(14,15)7-6-16-2/h10-12H,3-9H2,1-2H3. The number of hydrogen-bond donors (Lipinski definition) is 0. The number of rotatable bonds is 5. The third-order valence-corrected chi connectivity index (χ3v) is 6.13. The number of nitrogens with zero attached hydrogens (tertiary/aromatic N) is 1. The van der Waals surface area contributed by atoms with E-state index in [-0.39, 0.29) is 17.8 Å². The molecule has 0 amide bonds. The van der Waals surface area contributed by atoms with Gasteiger partial charge in [-0.1, -0.05) is 13.3 Å². The first-order chi connectivity index (χ1) is 8.08. The highest BCUT2D eigenvalue weighted by Gasteiger charge is 2.45. The number of fused-ring (bicyclic) bond motifs is 2. The van der Waals surface area contributed by atoms with Crippen LogP contribution in [0.25, 0.3) is 0 Å². The van der Waals surface area contributed by atoms with Gasteiger partial charge in [0.2, 0.25) is 10.0 Å². The first kappa shape index (κ1) is 13.3. The maximum atomic E-state index is 12.2. The zero-order valence-corrected chi connectivity index (χ0v) is 11.6. The van der Waals surface area contributed by atoms with Crippen molar-refractivity contribution in [1.82, 2.24) is 4.31 Å². The summed E-state index contributed by atoms with van der Waals surface area (Å²) in [5, 5.41) is 0. The van der Waals surface area contributed by atoms with E-state index >= 15 is 0 Å². The van der Waals surface area contributed by atoms with Crippen LogP contribution in [0.1, 0.15) is 39.0 Å². The molecule has 2 aliphatic heterocycles. The minimum atomic E-state index is -3.10. The lowest BCUT2D eigenvalue weighted by atomic mass is 9.90. The fraction of sp³-hybridized carbons (Fsp3) is 1.00. The third-order valence-electron chi connectivity index (χ3n) is 4.21. The van der Waals surface area contributed by atoms with Crippen LogP contribution in [-0.4, -0.2) is 44.3 Å². The minimum Gasteiger partial charge on any atom is -0.384 e. The molecule has 2 bridgehead atoms. The fourth-order valence-electron chi connectivity index (χ4n) is 3.33. The van der Waals surface area contributed by atoms with Crippen molar-refractivity contribution in [1.29, 1.82) is 0 Å². The molecule has 0 aromatic rings. The van der Waals surface area contributed by atoms with E-state index in [0.717, 1.165) is 31.6 Å². The summed E-state index contributed by atoms with van der Waals surface area (Å²) in [6.07, 6.45) is 5.39. The van der Waals surface area contributed by atoms with Gasteiger partial charge in [-0.25, -0.2) is 8.42 Å². The molecule has 0 N–H and O–H groups in total. The van der Waals surface area contributed by atoms with Gasteiger partial charge in [0.05, 0.1) is 12.4 Å². The van der Waals surface area contributed by atoms with E-state index in [1.807, 2.05) is 0 Å². The Morgan fingerprint density at radius 1 is 1.24 bits per heavy atom. The molecule has 5 heteroatoms. The highest BCUT2D eigenvalue weighted by atomic mass is 32.2. The summed E-state index contributed by atoms with van der Waals surface area (Å²) in [5.74, 6) is 0.856. The number of hydrogen-bond acceptors (Lipinski definition) is 3. The van der Waals surface area contributed by atoms with Crippen LogP contribution in [0.3, 0.4) is 0 Å². The van der Waals surface area contributed by atoms with Crippen LogP contribution in [0.5, 0.6) is 0 Å². The van der Waals surface area contributed by atoms with Crippen molar-refractivity contribution in [2.24, 2.45) is 5.92 Å². The SMILES string of the molecule is CCC1CC2CCC(C1)N2S(=O)(=O)CCOC. The summed E-state index contributed by atoms with van der Waals surface area (Å²) in [6.45, 7) is 2.51. The fourth-order valence-corrected chi connectivity index (χ4v) is 5.21. The Morgan fingerprint density at radius 2 is 1.82 bits per heavy atom. The molecule has 4 nitrogen and oxygen atoms in total. The molecule has 0 saturated carbocycles. The largest absolute Gasteiger partial charge is 0.384 e. The van der Waals surface area contributed by atoms with Crippen LogP contribution in [0.2, 0.25) is 0 Å². The summed E-state index contributed by atoms with van der Waals surface area (Å²) < 4.78 is 31.2. The summed E-state index contributed by atoms with van der Waals surface area (Å²) >= 11 is 0. The molecule has 2 heterocycles. The number of sulfonamides is 1. The van der Waals surface area contributed by atoms with Crippen LogP contribution in [0, 0.1) is 5.92 Å². The molecule has 2 fully saturated rings. The molecule has 2 aliphatic rings. The molecule has 0 radical (unpaired) electrons. The first-order valence-electron chi connectivity index (χ1n) is 6.58. The molecule has 100 valence electrons. The van der Waals surface area contributed by atoms with Crippen LogP contribution >= 0.6 is 0 Å². The molecule has 17 heavy (non-hydrogen) atoms. The molecule has 2 rings (SSSR count). The normalized spacial score (nSPS) is 34.1. The van der Waals surface area contributed by atoms with Gasteiger partial charge in [0.1, 0.15) is 0 Å². The van der Waals surface area contributed by atoms with Gasteiger partial charge in [-0.05, 0) is 31.6 Å². The lowest BCUT2D eigenvalue weighted by molar-refractivity contribution is 0.181. The second kappa shape index (κ2) is 5.24. The number of piperidine rings is 1. The highest BCUT2D eigenvalue weighted by Crippen LogP contribution is 2.41. The highest BCUT2D eigenvalue weighted by molar-refractivity contribution is 7.89. The Kier molecular flexibility index (Phi) is 4.10. The molecule has 0 aromatic carbocycles. The van der Waals surface area contributed by atoms with Gasteiger partial charge in [0.25, 0.3) is 0 Å². The van der Waals surface area contributed by atoms with Gasteiger partial charge < -0.3 is 4.74 Å². The van der Waals surface area contributed by atoms with Crippen molar-refractivity contribution in [2.75, 3.05) is 19.5 Å². The van der Waals surface area contributed by atoms with Crippen LogP contribution in [0.4, 0.5) is 0 Å². The van der Waals surface area contributed by atoms with Gasteiger partial charge in [0.15, 0.2) is 0 Å². The molecule has 0 aliphatic carbocycles. The van der Waals surface area contributed by atoms with Gasteiger partial charge >= 0.3 is 0 Å². The van der Waals surface area contributed by atoms with Gasteiger partial charge in [-0.3, -0.25) is 0 Å². The Hall–Kier alpha value is -0.130. The molecule has 2 saturated heterocycles. The zero-order valence-electron chi connectivity index (χ0n) is 10.8. The van der Waals surface area contributed by atoms with Gasteiger partial charge in [-0.15, -0.1) is 0 Å². The van der Waals surface area contributed by atoms with E-state index in [1.165, 1.54) is 6.42 Å². The van der Waals surface area contributed by atoms with E-state index in [4.69, 9.17) is 4.74 Å². The predicted molar refractivity (Wildman–Crippen MR) is 67.3 cm³/mol. The number of methoxy groups -OCH3 is 1. The molecule has 2 unspecified atom stereocenters. The Morgan fingerprint density at radius 3 is 2.29 bits per heavy atom. The zero-order chi connectivity index (χ0) is 12.5. The van der Waals surface area contributed by atoms with Gasteiger partial charge in [-0.2, -0.15) is 4.31 Å². The topological polar surface area (TPSA) is 46.6 Å². The van der Waals surface area contributed by atoms with Crippen molar-refractivity contribution in [3.8, 4) is 0 Å². The smallest absolute Gasteiger partial charge is 0.216 e. The van der Waals surface area contributed by atoms with Crippen molar-refractivity contribution < 1.29 is 13.2 Å². The average molecular weight is 261 g/mol. The minimum absolute atomic E-state index is 0.132. The predicted octanol–water partition coefficient (Wildman–Crippen LogP) is 1.62. The van der Waals surface area contributed by atoms with Crippen LogP contribution in [-0.2, 0) is 14.8 Å². The second-order valence-electron chi connectivity index (χ2n) is 5.27. The second-order valence-corrected chi connectivity index (χ2v) is 7.26. The van der Waals surface area contributed by atoms with Crippen molar-refractivity contribution in [3.05, 3.63) is 0 Å². The molecular formula is C12H23NO3S. The Balaban J connectivity index is 2.08. The third kappa shape index (κ3) is 2.66. The lowest BCUT2D eigenvalue weighted by Crippen LogP contribution is -2.47. The van der Waals surface area contributed by atoms with E-state index in [2.05, 4.69) is 6.92 Å². The summed E-state index contributed by atoms with van der Waals surface area (Å²) in [4.78, 5) is 0. The maximum Gasteiger partial charge on any atom is 0.216 e. The maximum absolute atomic E-state index is 12.2. The summed E-state index contributed by atoms with van der Waals surface area (Å²) in [6, 6.07) is 0.529. The van der Waals surface area contributed by atoms with Crippen LogP contribution < -0.4 is 0 Å².